The second-order valence-electron chi connectivity index (χ2n) is 12.5. The first kappa shape index (κ1) is 26.3. The molecule has 0 aromatic carbocycles. The van der Waals surface area contributed by atoms with E-state index in [1.807, 2.05) is 34.4 Å². The third-order valence-corrected chi connectivity index (χ3v) is 9.46. The van der Waals surface area contributed by atoms with Gasteiger partial charge in [0.15, 0.2) is 5.82 Å². The van der Waals surface area contributed by atoms with Crippen LogP contribution in [0.2, 0.25) is 0 Å². The summed E-state index contributed by atoms with van der Waals surface area (Å²) in [6.07, 6.45) is 9.28. The van der Waals surface area contributed by atoms with Gasteiger partial charge in [-0.2, -0.15) is 5.10 Å². The van der Waals surface area contributed by atoms with Crippen LogP contribution in [0.3, 0.4) is 0 Å². The zero-order valence-corrected chi connectivity index (χ0v) is 23.7. The number of fused-ring (bicyclic) bond motifs is 1. The number of anilines is 1. The van der Waals surface area contributed by atoms with Crippen molar-refractivity contribution in [2.45, 2.75) is 90.0 Å². The highest BCUT2D eigenvalue weighted by molar-refractivity contribution is 6.02. The number of carbonyl (C=O) groups is 2. The summed E-state index contributed by atoms with van der Waals surface area (Å²) in [5.41, 5.74) is 1.53. The quantitative estimate of drug-likeness (QED) is 0.602. The maximum Gasteiger partial charge on any atom is 0.321 e. The van der Waals surface area contributed by atoms with Crippen molar-refractivity contribution in [3.05, 3.63) is 29.5 Å². The summed E-state index contributed by atoms with van der Waals surface area (Å²) < 4.78 is 7.57. The number of ether oxygens (including phenoxy) is 1. The molecule has 212 valence electrons. The SMILES string of the molecule is CC1CN(C(=O)N2Cc3c(NC(=O)c4cn(C5CCC5)cn4)n[nH]c3C2(C)C)[C@@H](C)CN1CC1CCOCC1. The van der Waals surface area contributed by atoms with Crippen LogP contribution in [0.4, 0.5) is 10.6 Å². The van der Waals surface area contributed by atoms with Crippen LogP contribution < -0.4 is 5.32 Å². The van der Waals surface area contributed by atoms with Crippen LogP contribution in [0.25, 0.3) is 0 Å². The van der Waals surface area contributed by atoms with E-state index in [0.29, 0.717) is 42.6 Å². The number of nitrogens with zero attached hydrogens (tertiary/aromatic N) is 6. The van der Waals surface area contributed by atoms with E-state index in [2.05, 4.69) is 39.2 Å². The van der Waals surface area contributed by atoms with Crippen molar-refractivity contribution < 1.29 is 14.3 Å². The molecule has 4 aliphatic rings. The fraction of sp³-hybridized carbons (Fsp3) is 0.714. The Kier molecular flexibility index (Phi) is 6.91. The van der Waals surface area contributed by atoms with Crippen LogP contribution in [0.5, 0.6) is 0 Å². The van der Waals surface area contributed by atoms with Crippen molar-refractivity contribution in [3.63, 3.8) is 0 Å². The number of hydrogen-bond donors (Lipinski definition) is 2. The van der Waals surface area contributed by atoms with Crippen molar-refractivity contribution in [2.75, 3.05) is 38.2 Å². The van der Waals surface area contributed by atoms with Gasteiger partial charge in [0.1, 0.15) is 5.69 Å². The predicted octanol–water partition coefficient (Wildman–Crippen LogP) is 3.58. The van der Waals surface area contributed by atoms with E-state index in [9.17, 15) is 9.59 Å². The maximum atomic E-state index is 14.0. The summed E-state index contributed by atoms with van der Waals surface area (Å²) in [5, 5.41) is 10.5. The highest BCUT2D eigenvalue weighted by atomic mass is 16.5. The Morgan fingerprint density at radius 2 is 1.90 bits per heavy atom. The number of amides is 3. The summed E-state index contributed by atoms with van der Waals surface area (Å²) in [4.78, 5) is 37.8. The van der Waals surface area contributed by atoms with E-state index in [1.54, 1.807) is 6.33 Å². The first-order valence-corrected chi connectivity index (χ1v) is 14.5. The average molecular weight is 539 g/mol. The summed E-state index contributed by atoms with van der Waals surface area (Å²) >= 11 is 0. The number of hydrogen-bond acceptors (Lipinski definition) is 6. The highest BCUT2D eigenvalue weighted by Gasteiger charge is 2.47. The number of piperazine rings is 1. The maximum absolute atomic E-state index is 14.0. The van der Waals surface area contributed by atoms with Crippen molar-refractivity contribution in [2.24, 2.45) is 5.92 Å². The molecule has 3 amide bonds. The first-order chi connectivity index (χ1) is 18.7. The van der Waals surface area contributed by atoms with E-state index in [-0.39, 0.29) is 18.0 Å². The van der Waals surface area contributed by atoms with Crippen LogP contribution in [0.1, 0.15) is 87.6 Å². The van der Waals surface area contributed by atoms with Gasteiger partial charge >= 0.3 is 6.03 Å². The number of H-pyrrole nitrogens is 1. The molecule has 0 spiro atoms. The average Bonchev–Trinajstić information content (AvgIpc) is 3.57. The van der Waals surface area contributed by atoms with Crippen LogP contribution in [-0.2, 0) is 16.8 Å². The van der Waals surface area contributed by atoms with Gasteiger partial charge in [0.05, 0.1) is 24.1 Å². The van der Waals surface area contributed by atoms with Gasteiger partial charge in [-0.05, 0) is 65.7 Å². The Morgan fingerprint density at radius 3 is 2.62 bits per heavy atom. The molecule has 2 aromatic rings. The second kappa shape index (κ2) is 10.2. The molecule has 3 fully saturated rings. The lowest BCUT2D eigenvalue weighted by molar-refractivity contribution is 0.00882. The van der Waals surface area contributed by atoms with Gasteiger partial charge in [-0.25, -0.2) is 9.78 Å². The Hall–Kier alpha value is -2.92. The number of rotatable bonds is 5. The summed E-state index contributed by atoms with van der Waals surface area (Å²) in [5.74, 6) is 0.860. The molecule has 2 aromatic heterocycles. The molecular formula is C28H42N8O3. The van der Waals surface area contributed by atoms with Crippen molar-refractivity contribution in [3.8, 4) is 0 Å². The van der Waals surface area contributed by atoms with Crippen molar-refractivity contribution in [1.29, 1.82) is 0 Å². The lowest BCUT2D eigenvalue weighted by atomic mass is 9.93. The molecule has 11 heteroatoms. The van der Waals surface area contributed by atoms with Gasteiger partial charge in [0.2, 0.25) is 0 Å². The van der Waals surface area contributed by atoms with Gasteiger partial charge in [-0.15, -0.1) is 0 Å². The Balaban J connectivity index is 1.12. The largest absolute Gasteiger partial charge is 0.381 e. The summed E-state index contributed by atoms with van der Waals surface area (Å²) in [6, 6.07) is 0.897. The van der Waals surface area contributed by atoms with Gasteiger partial charge < -0.3 is 24.4 Å². The molecule has 5 heterocycles. The monoisotopic (exact) mass is 538 g/mol. The van der Waals surface area contributed by atoms with E-state index >= 15 is 0 Å². The molecule has 1 aliphatic carbocycles. The van der Waals surface area contributed by atoms with Gasteiger partial charge in [0, 0.05) is 62.7 Å². The van der Waals surface area contributed by atoms with Gasteiger partial charge in [-0.1, -0.05) is 0 Å². The molecule has 3 aliphatic heterocycles. The smallest absolute Gasteiger partial charge is 0.321 e. The first-order valence-electron chi connectivity index (χ1n) is 14.5. The van der Waals surface area contributed by atoms with Gasteiger partial charge in [0.25, 0.3) is 5.91 Å². The molecule has 2 N–H and O–H groups in total. The minimum absolute atomic E-state index is 0.0335. The van der Waals surface area contributed by atoms with Crippen LogP contribution >= 0.6 is 0 Å². The molecule has 2 saturated heterocycles. The third kappa shape index (κ3) is 4.84. The number of imidazole rings is 1. The molecule has 6 rings (SSSR count). The fourth-order valence-electron chi connectivity index (χ4n) is 6.57. The number of aromatic nitrogens is 4. The zero-order chi connectivity index (χ0) is 27.3. The fourth-order valence-corrected chi connectivity index (χ4v) is 6.57. The van der Waals surface area contributed by atoms with E-state index in [4.69, 9.17) is 4.74 Å². The number of urea groups is 1. The van der Waals surface area contributed by atoms with E-state index in [1.165, 1.54) is 6.42 Å². The summed E-state index contributed by atoms with van der Waals surface area (Å²) in [6.45, 7) is 13.2. The van der Waals surface area contributed by atoms with Crippen LogP contribution in [0.15, 0.2) is 12.5 Å². The van der Waals surface area contributed by atoms with Crippen molar-refractivity contribution in [1.82, 2.24) is 34.4 Å². The minimum atomic E-state index is -0.573. The molecule has 1 unspecified atom stereocenters. The predicted molar refractivity (Wildman–Crippen MR) is 146 cm³/mol. The van der Waals surface area contributed by atoms with Crippen molar-refractivity contribution >= 4 is 17.8 Å². The number of nitrogens with one attached hydrogen (secondary N) is 2. The Morgan fingerprint density at radius 1 is 1.13 bits per heavy atom. The lowest BCUT2D eigenvalue weighted by Crippen LogP contribution is -2.62. The molecular weight excluding hydrogens is 496 g/mol. The molecule has 0 radical (unpaired) electrons. The zero-order valence-electron chi connectivity index (χ0n) is 23.7. The standard InChI is InChI=1S/C28H42N8O3/c1-18-13-35(19(2)12-33(18)14-20-8-10-39-11-9-20)27(38)36-15-22-24(28(36,3)4)31-32-25(22)30-26(37)23-16-34(17-29-23)21-6-5-7-21/h16-21H,5-15H2,1-4H3,(H2,30,31,32,37)/t18?,19-/m0/s1. The highest BCUT2D eigenvalue weighted by Crippen LogP contribution is 2.41. The minimum Gasteiger partial charge on any atom is -0.381 e. The van der Waals surface area contributed by atoms with Crippen LogP contribution in [-0.4, -0.2) is 91.3 Å². The second-order valence-corrected chi connectivity index (χ2v) is 12.5. The molecule has 2 atom stereocenters. The normalized spacial score (nSPS) is 25.9. The summed E-state index contributed by atoms with van der Waals surface area (Å²) in [7, 11) is 0. The Bertz CT molecular complexity index is 1210. The third-order valence-electron chi connectivity index (χ3n) is 9.46. The molecule has 1 saturated carbocycles. The van der Waals surface area contributed by atoms with E-state index < -0.39 is 5.54 Å². The molecule has 0 bridgehead atoms. The molecule has 11 nitrogen and oxygen atoms in total. The number of aromatic amines is 1. The Labute approximate surface area is 230 Å². The van der Waals surface area contributed by atoms with Gasteiger partial charge in [-0.3, -0.25) is 14.8 Å². The lowest BCUT2D eigenvalue weighted by Gasteiger charge is -2.47. The topological polar surface area (TPSA) is 112 Å². The number of carbonyl (C=O) groups excluding carboxylic acids is 2. The van der Waals surface area contributed by atoms with Crippen LogP contribution in [0, 0.1) is 5.92 Å². The van der Waals surface area contributed by atoms with E-state index in [0.717, 1.165) is 63.2 Å². The molecule has 39 heavy (non-hydrogen) atoms.